The number of hydrogen-bond acceptors (Lipinski definition) is 3. The van der Waals surface area contributed by atoms with Crippen molar-refractivity contribution in [2.75, 3.05) is 16.8 Å². The maximum Gasteiger partial charge on any atom is 0.265 e. The lowest BCUT2D eigenvalue weighted by Gasteiger charge is -2.23. The normalized spacial score (nSPS) is 13.2. The Kier molecular flexibility index (Phi) is 5.03. The average molecular weight is 338 g/mol. The molecule has 2 aromatic rings. The first-order chi connectivity index (χ1) is 12.0. The lowest BCUT2D eigenvalue weighted by Crippen LogP contribution is -2.36. The summed E-state index contributed by atoms with van der Waals surface area (Å²) in [7, 11) is 0. The number of aryl methyl sites for hydroxylation is 1. The van der Waals surface area contributed by atoms with Crippen LogP contribution < -0.4 is 15.0 Å². The first kappa shape index (κ1) is 17.0. The molecule has 1 saturated carbocycles. The van der Waals surface area contributed by atoms with Crippen LogP contribution in [-0.2, 0) is 9.59 Å². The van der Waals surface area contributed by atoms with Crippen molar-refractivity contribution in [2.45, 2.75) is 32.7 Å². The lowest BCUT2D eigenvalue weighted by molar-refractivity contribution is -0.120. The summed E-state index contributed by atoms with van der Waals surface area (Å²) in [5.41, 5.74) is 2.70. The lowest BCUT2D eigenvalue weighted by atomic mass is 10.2. The minimum Gasteiger partial charge on any atom is -0.484 e. The monoisotopic (exact) mass is 338 g/mol. The van der Waals surface area contributed by atoms with Crippen LogP contribution in [0.4, 0.5) is 11.4 Å². The molecular formula is C20H22N2O3. The predicted molar refractivity (Wildman–Crippen MR) is 97.9 cm³/mol. The predicted octanol–water partition coefficient (Wildman–Crippen LogP) is 3.53. The van der Waals surface area contributed by atoms with Gasteiger partial charge in [0.05, 0.1) is 0 Å². The number of nitrogens with zero attached hydrogens (tertiary/aromatic N) is 1. The number of carbonyl (C=O) groups excluding carboxylic acids is 2. The summed E-state index contributed by atoms with van der Waals surface area (Å²) >= 11 is 0. The summed E-state index contributed by atoms with van der Waals surface area (Å²) in [6, 6.07) is 15.2. The summed E-state index contributed by atoms with van der Waals surface area (Å²) in [4.78, 5) is 25.6. The molecule has 1 fully saturated rings. The van der Waals surface area contributed by atoms with E-state index in [2.05, 4.69) is 5.32 Å². The molecule has 0 aromatic heterocycles. The molecule has 25 heavy (non-hydrogen) atoms. The molecular weight excluding hydrogens is 316 g/mol. The van der Waals surface area contributed by atoms with E-state index in [9.17, 15) is 9.59 Å². The Hall–Kier alpha value is -2.82. The van der Waals surface area contributed by atoms with Gasteiger partial charge in [0.15, 0.2) is 6.61 Å². The minimum atomic E-state index is -0.116. The van der Waals surface area contributed by atoms with Gasteiger partial charge in [0.2, 0.25) is 5.91 Å². The van der Waals surface area contributed by atoms with Gasteiger partial charge in [-0.3, -0.25) is 9.59 Å². The van der Waals surface area contributed by atoms with E-state index in [1.54, 1.807) is 17.0 Å². The maximum absolute atomic E-state index is 12.7. The number of hydrogen-bond donors (Lipinski definition) is 1. The highest BCUT2D eigenvalue weighted by molar-refractivity contribution is 5.96. The molecule has 2 aromatic carbocycles. The number of carbonyl (C=O) groups is 2. The number of nitrogens with one attached hydrogen (secondary N) is 1. The quantitative estimate of drug-likeness (QED) is 0.876. The van der Waals surface area contributed by atoms with Crippen LogP contribution >= 0.6 is 0 Å². The summed E-state index contributed by atoms with van der Waals surface area (Å²) in [5, 5.41) is 2.73. The number of anilines is 2. The van der Waals surface area contributed by atoms with Gasteiger partial charge in [-0.05, 0) is 56.2 Å². The van der Waals surface area contributed by atoms with Gasteiger partial charge in [-0.1, -0.05) is 17.7 Å². The molecule has 5 nitrogen and oxygen atoms in total. The van der Waals surface area contributed by atoms with E-state index < -0.39 is 0 Å². The molecule has 0 radical (unpaired) electrons. The molecule has 1 aliphatic carbocycles. The third kappa shape index (κ3) is 4.59. The van der Waals surface area contributed by atoms with Gasteiger partial charge >= 0.3 is 0 Å². The van der Waals surface area contributed by atoms with Crippen molar-refractivity contribution in [1.82, 2.24) is 0 Å². The smallest absolute Gasteiger partial charge is 0.265 e. The van der Waals surface area contributed by atoms with Crippen LogP contribution in [0.3, 0.4) is 0 Å². The molecule has 0 spiro atoms. The van der Waals surface area contributed by atoms with Crippen molar-refractivity contribution in [3.8, 4) is 5.75 Å². The van der Waals surface area contributed by atoms with Crippen LogP contribution in [0.2, 0.25) is 0 Å². The fourth-order valence-corrected chi connectivity index (χ4v) is 2.65. The van der Waals surface area contributed by atoms with Gasteiger partial charge in [0.1, 0.15) is 5.75 Å². The highest BCUT2D eigenvalue weighted by atomic mass is 16.5. The molecule has 0 atom stereocenters. The molecule has 5 heteroatoms. The summed E-state index contributed by atoms with van der Waals surface area (Å²) < 4.78 is 5.63. The molecule has 130 valence electrons. The standard InChI is InChI=1S/C20H22N2O3/c1-14-3-11-19(12-4-14)25-13-20(24)22(18-9-10-18)17-7-5-16(6-8-17)21-15(2)23/h3-8,11-12,18H,9-10,13H2,1-2H3,(H,21,23). The number of ether oxygens (including phenoxy) is 1. The molecule has 0 bridgehead atoms. The second-order valence-electron chi connectivity index (χ2n) is 6.32. The number of rotatable bonds is 6. The van der Waals surface area contributed by atoms with E-state index >= 15 is 0 Å². The van der Waals surface area contributed by atoms with Crippen molar-refractivity contribution >= 4 is 23.2 Å². The third-order valence-corrected chi connectivity index (χ3v) is 4.03. The molecule has 0 unspecified atom stereocenters. The largest absolute Gasteiger partial charge is 0.484 e. The Labute approximate surface area is 147 Å². The molecule has 1 N–H and O–H groups in total. The van der Waals surface area contributed by atoms with Crippen LogP contribution in [0.1, 0.15) is 25.3 Å². The fraction of sp³-hybridized carbons (Fsp3) is 0.300. The zero-order chi connectivity index (χ0) is 17.8. The number of amides is 2. The Morgan fingerprint density at radius 1 is 1.08 bits per heavy atom. The Bertz CT molecular complexity index is 750. The Morgan fingerprint density at radius 3 is 2.28 bits per heavy atom. The fourth-order valence-electron chi connectivity index (χ4n) is 2.65. The van der Waals surface area contributed by atoms with E-state index in [4.69, 9.17) is 4.74 Å². The molecule has 0 aliphatic heterocycles. The van der Waals surface area contributed by atoms with Gasteiger partial charge in [-0.15, -0.1) is 0 Å². The average Bonchev–Trinajstić information content (AvgIpc) is 3.40. The zero-order valence-corrected chi connectivity index (χ0v) is 14.5. The van der Waals surface area contributed by atoms with Crippen molar-refractivity contribution in [1.29, 1.82) is 0 Å². The minimum absolute atomic E-state index is 0.00695. The van der Waals surface area contributed by atoms with E-state index in [1.807, 2.05) is 43.3 Å². The summed E-state index contributed by atoms with van der Waals surface area (Å²) in [6.07, 6.45) is 2.01. The maximum atomic E-state index is 12.7. The van der Waals surface area contributed by atoms with Crippen LogP contribution in [-0.4, -0.2) is 24.5 Å². The van der Waals surface area contributed by atoms with Crippen molar-refractivity contribution in [2.24, 2.45) is 0 Å². The third-order valence-electron chi connectivity index (χ3n) is 4.03. The first-order valence-corrected chi connectivity index (χ1v) is 8.42. The SMILES string of the molecule is CC(=O)Nc1ccc(N(C(=O)COc2ccc(C)cc2)C2CC2)cc1. The highest BCUT2D eigenvalue weighted by Gasteiger charge is 2.33. The summed E-state index contributed by atoms with van der Waals surface area (Å²) in [6.45, 7) is 3.48. The van der Waals surface area contributed by atoms with Gasteiger partial charge in [-0.25, -0.2) is 0 Å². The van der Waals surface area contributed by atoms with Crippen LogP contribution in [0.5, 0.6) is 5.75 Å². The van der Waals surface area contributed by atoms with Crippen LogP contribution in [0, 0.1) is 6.92 Å². The zero-order valence-electron chi connectivity index (χ0n) is 14.5. The van der Waals surface area contributed by atoms with Crippen molar-refractivity contribution < 1.29 is 14.3 Å². The van der Waals surface area contributed by atoms with Gasteiger partial charge < -0.3 is 15.0 Å². The first-order valence-electron chi connectivity index (χ1n) is 8.42. The molecule has 2 amide bonds. The Balaban J connectivity index is 1.66. The second-order valence-corrected chi connectivity index (χ2v) is 6.32. The topological polar surface area (TPSA) is 58.6 Å². The van der Waals surface area contributed by atoms with Gasteiger partial charge in [-0.2, -0.15) is 0 Å². The highest BCUT2D eigenvalue weighted by Crippen LogP contribution is 2.32. The van der Waals surface area contributed by atoms with Crippen molar-refractivity contribution in [3.63, 3.8) is 0 Å². The molecule has 3 rings (SSSR count). The van der Waals surface area contributed by atoms with E-state index in [0.717, 1.165) is 29.8 Å². The van der Waals surface area contributed by atoms with E-state index in [-0.39, 0.29) is 24.5 Å². The Morgan fingerprint density at radius 2 is 1.72 bits per heavy atom. The molecule has 0 saturated heterocycles. The number of benzene rings is 2. The van der Waals surface area contributed by atoms with Gasteiger partial charge in [0, 0.05) is 24.3 Å². The van der Waals surface area contributed by atoms with E-state index in [1.165, 1.54) is 6.92 Å². The van der Waals surface area contributed by atoms with E-state index in [0.29, 0.717) is 5.75 Å². The molecule has 0 heterocycles. The van der Waals surface area contributed by atoms with Crippen LogP contribution in [0.25, 0.3) is 0 Å². The molecule has 1 aliphatic rings. The summed E-state index contributed by atoms with van der Waals surface area (Å²) in [5.74, 6) is 0.514. The van der Waals surface area contributed by atoms with Gasteiger partial charge in [0.25, 0.3) is 5.91 Å². The van der Waals surface area contributed by atoms with Crippen LogP contribution in [0.15, 0.2) is 48.5 Å². The van der Waals surface area contributed by atoms with Crippen molar-refractivity contribution in [3.05, 3.63) is 54.1 Å². The second kappa shape index (κ2) is 7.38.